The van der Waals surface area contributed by atoms with Crippen LogP contribution in [0, 0.1) is 13.8 Å². The molecule has 1 unspecified atom stereocenters. The van der Waals surface area contributed by atoms with E-state index < -0.39 is 0 Å². The van der Waals surface area contributed by atoms with Crippen molar-refractivity contribution >= 4 is 27.8 Å². The number of anilines is 1. The van der Waals surface area contributed by atoms with Gasteiger partial charge in [0.2, 0.25) is 0 Å². The summed E-state index contributed by atoms with van der Waals surface area (Å²) in [5, 5.41) is 7.47. The van der Waals surface area contributed by atoms with Crippen molar-refractivity contribution in [3.63, 3.8) is 0 Å². The standard InChI is InChI=1S/C10H13N3S2/c1-6-5-14-10(12-6)13-8(3)9-11-4-7(2)15-9/h4-5,8H,1-3H3,(H,12,13). The molecule has 15 heavy (non-hydrogen) atoms. The minimum atomic E-state index is 0.231. The molecule has 1 N–H and O–H groups in total. The van der Waals surface area contributed by atoms with Gasteiger partial charge in [0.1, 0.15) is 5.01 Å². The Hall–Kier alpha value is -0.940. The van der Waals surface area contributed by atoms with Crippen molar-refractivity contribution in [2.75, 3.05) is 5.32 Å². The van der Waals surface area contributed by atoms with Gasteiger partial charge in [0.05, 0.1) is 11.7 Å². The molecule has 0 spiro atoms. The highest BCUT2D eigenvalue weighted by molar-refractivity contribution is 7.13. The third-order valence-corrected chi connectivity index (χ3v) is 3.96. The largest absolute Gasteiger partial charge is 0.353 e. The predicted molar refractivity (Wildman–Crippen MR) is 65.7 cm³/mol. The van der Waals surface area contributed by atoms with E-state index in [2.05, 4.69) is 29.1 Å². The van der Waals surface area contributed by atoms with Crippen LogP contribution in [0.4, 0.5) is 5.13 Å². The van der Waals surface area contributed by atoms with E-state index in [1.165, 1.54) is 4.88 Å². The van der Waals surface area contributed by atoms with Gasteiger partial charge >= 0.3 is 0 Å². The smallest absolute Gasteiger partial charge is 0.183 e. The number of rotatable bonds is 3. The maximum atomic E-state index is 4.37. The first-order chi connectivity index (χ1) is 7.15. The summed E-state index contributed by atoms with van der Waals surface area (Å²) >= 11 is 3.36. The first kappa shape index (κ1) is 10.6. The number of hydrogen-bond donors (Lipinski definition) is 1. The molecule has 2 aromatic heterocycles. The first-order valence-corrected chi connectivity index (χ1v) is 6.46. The van der Waals surface area contributed by atoms with Gasteiger partial charge in [-0.15, -0.1) is 22.7 Å². The first-order valence-electron chi connectivity index (χ1n) is 4.76. The zero-order chi connectivity index (χ0) is 10.8. The fraction of sp³-hybridized carbons (Fsp3) is 0.400. The van der Waals surface area contributed by atoms with Gasteiger partial charge in [0.25, 0.3) is 0 Å². The van der Waals surface area contributed by atoms with E-state index in [4.69, 9.17) is 0 Å². The number of nitrogens with one attached hydrogen (secondary N) is 1. The Bertz CT molecular complexity index is 447. The number of aromatic nitrogens is 2. The van der Waals surface area contributed by atoms with E-state index in [1.807, 2.05) is 18.5 Å². The van der Waals surface area contributed by atoms with Gasteiger partial charge in [-0.1, -0.05) is 0 Å². The lowest BCUT2D eigenvalue weighted by Crippen LogP contribution is -2.05. The summed E-state index contributed by atoms with van der Waals surface area (Å²) in [4.78, 5) is 9.96. The molecule has 0 fully saturated rings. The summed E-state index contributed by atoms with van der Waals surface area (Å²) in [5.41, 5.74) is 1.06. The normalized spacial score (nSPS) is 12.7. The molecule has 1 atom stereocenters. The highest BCUT2D eigenvalue weighted by atomic mass is 32.1. The van der Waals surface area contributed by atoms with E-state index in [0.717, 1.165) is 15.8 Å². The van der Waals surface area contributed by atoms with Crippen molar-refractivity contribution in [3.8, 4) is 0 Å². The molecule has 0 aliphatic rings. The molecule has 5 heteroatoms. The molecule has 3 nitrogen and oxygen atoms in total. The van der Waals surface area contributed by atoms with Crippen LogP contribution in [-0.2, 0) is 0 Å². The lowest BCUT2D eigenvalue weighted by atomic mass is 10.4. The molecule has 2 heterocycles. The molecular weight excluding hydrogens is 226 g/mol. The Balaban J connectivity index is 2.06. The molecule has 0 aliphatic heterocycles. The summed E-state index contributed by atoms with van der Waals surface area (Å²) in [7, 11) is 0. The molecule has 0 amide bonds. The Morgan fingerprint density at radius 3 is 2.73 bits per heavy atom. The quantitative estimate of drug-likeness (QED) is 0.892. The average Bonchev–Trinajstić information content (AvgIpc) is 2.75. The number of aryl methyl sites for hydroxylation is 2. The average molecular weight is 239 g/mol. The number of nitrogens with zero attached hydrogens (tertiary/aromatic N) is 2. The maximum Gasteiger partial charge on any atom is 0.183 e. The van der Waals surface area contributed by atoms with E-state index in [-0.39, 0.29) is 6.04 Å². The highest BCUT2D eigenvalue weighted by Gasteiger charge is 2.10. The fourth-order valence-electron chi connectivity index (χ4n) is 1.24. The second kappa shape index (κ2) is 4.28. The van der Waals surface area contributed by atoms with Crippen LogP contribution in [0.1, 0.15) is 28.5 Å². The number of hydrogen-bond acceptors (Lipinski definition) is 5. The van der Waals surface area contributed by atoms with Gasteiger partial charge in [-0.05, 0) is 20.8 Å². The zero-order valence-electron chi connectivity index (χ0n) is 8.94. The summed E-state index contributed by atoms with van der Waals surface area (Å²) in [5.74, 6) is 0. The molecule has 0 radical (unpaired) electrons. The lowest BCUT2D eigenvalue weighted by molar-refractivity contribution is 0.866. The van der Waals surface area contributed by atoms with Crippen molar-refractivity contribution in [2.24, 2.45) is 0 Å². The Morgan fingerprint density at radius 2 is 2.20 bits per heavy atom. The van der Waals surface area contributed by atoms with Gasteiger partial charge < -0.3 is 5.32 Å². The topological polar surface area (TPSA) is 37.8 Å². The Morgan fingerprint density at radius 1 is 1.40 bits per heavy atom. The summed E-state index contributed by atoms with van der Waals surface area (Å²) in [6, 6.07) is 0.231. The van der Waals surface area contributed by atoms with Crippen LogP contribution in [0.15, 0.2) is 11.6 Å². The lowest BCUT2D eigenvalue weighted by Gasteiger charge is -2.08. The third-order valence-electron chi connectivity index (χ3n) is 1.97. The van der Waals surface area contributed by atoms with Crippen LogP contribution in [0.3, 0.4) is 0 Å². The van der Waals surface area contributed by atoms with E-state index in [9.17, 15) is 0 Å². The van der Waals surface area contributed by atoms with Crippen LogP contribution >= 0.6 is 22.7 Å². The van der Waals surface area contributed by atoms with Crippen molar-refractivity contribution in [3.05, 3.63) is 27.2 Å². The van der Waals surface area contributed by atoms with Gasteiger partial charge in [0, 0.05) is 16.5 Å². The molecule has 0 aliphatic carbocycles. The minimum absolute atomic E-state index is 0.231. The maximum absolute atomic E-state index is 4.37. The monoisotopic (exact) mass is 239 g/mol. The van der Waals surface area contributed by atoms with Crippen LogP contribution < -0.4 is 5.32 Å². The van der Waals surface area contributed by atoms with Crippen molar-refractivity contribution in [1.29, 1.82) is 0 Å². The molecule has 80 valence electrons. The Labute approximate surface area is 97.2 Å². The molecule has 0 saturated heterocycles. The van der Waals surface area contributed by atoms with E-state index >= 15 is 0 Å². The Kier molecular flexibility index (Phi) is 3.02. The van der Waals surface area contributed by atoms with Gasteiger partial charge in [0.15, 0.2) is 5.13 Å². The van der Waals surface area contributed by atoms with Gasteiger partial charge in [-0.25, -0.2) is 9.97 Å². The minimum Gasteiger partial charge on any atom is -0.353 e. The molecule has 2 rings (SSSR count). The van der Waals surface area contributed by atoms with Gasteiger partial charge in [-0.3, -0.25) is 0 Å². The summed E-state index contributed by atoms with van der Waals surface area (Å²) < 4.78 is 0. The summed E-state index contributed by atoms with van der Waals surface area (Å²) in [6.45, 7) is 6.18. The highest BCUT2D eigenvalue weighted by Crippen LogP contribution is 2.24. The van der Waals surface area contributed by atoms with Crippen molar-refractivity contribution < 1.29 is 0 Å². The molecule has 0 saturated carbocycles. The van der Waals surface area contributed by atoms with Crippen molar-refractivity contribution in [1.82, 2.24) is 9.97 Å². The second-order valence-electron chi connectivity index (χ2n) is 3.47. The van der Waals surface area contributed by atoms with Gasteiger partial charge in [-0.2, -0.15) is 0 Å². The second-order valence-corrected chi connectivity index (χ2v) is 5.59. The van der Waals surface area contributed by atoms with Crippen LogP contribution in [0.2, 0.25) is 0 Å². The SMILES string of the molecule is Cc1csc(NC(C)c2ncc(C)s2)n1. The molecule has 0 aromatic carbocycles. The van der Waals surface area contributed by atoms with E-state index in [0.29, 0.717) is 0 Å². The zero-order valence-corrected chi connectivity index (χ0v) is 10.6. The van der Waals surface area contributed by atoms with Crippen LogP contribution in [0.25, 0.3) is 0 Å². The van der Waals surface area contributed by atoms with Crippen molar-refractivity contribution in [2.45, 2.75) is 26.8 Å². The molecule has 0 bridgehead atoms. The van der Waals surface area contributed by atoms with Crippen LogP contribution in [0.5, 0.6) is 0 Å². The predicted octanol–water partition coefficient (Wildman–Crippen LogP) is 3.39. The summed E-state index contributed by atoms with van der Waals surface area (Å²) in [6.07, 6.45) is 1.91. The fourth-order valence-corrected chi connectivity index (χ4v) is 2.79. The molecular formula is C10H13N3S2. The molecule has 2 aromatic rings. The third kappa shape index (κ3) is 2.54. The van der Waals surface area contributed by atoms with E-state index in [1.54, 1.807) is 22.7 Å². The van der Waals surface area contributed by atoms with Crippen LogP contribution in [-0.4, -0.2) is 9.97 Å². The number of thiazole rings is 2.